The highest BCUT2D eigenvalue weighted by atomic mass is 32.2. The number of nitrogens with zero attached hydrogens (tertiary/aromatic N) is 1. The monoisotopic (exact) mass is 348 g/mol. The lowest BCUT2D eigenvalue weighted by Crippen LogP contribution is -2.22. The predicted octanol–water partition coefficient (Wildman–Crippen LogP) is 2.80. The van der Waals surface area contributed by atoms with E-state index < -0.39 is 10.0 Å². The van der Waals surface area contributed by atoms with Gasteiger partial charge < -0.3 is 10.1 Å². The van der Waals surface area contributed by atoms with Crippen molar-refractivity contribution in [1.82, 2.24) is 9.62 Å². The molecular weight excluding hydrogens is 324 g/mol. The van der Waals surface area contributed by atoms with Crippen LogP contribution in [-0.2, 0) is 16.6 Å². The van der Waals surface area contributed by atoms with Crippen LogP contribution in [0.4, 0.5) is 0 Å². The summed E-state index contributed by atoms with van der Waals surface area (Å²) in [5, 5.41) is 3.43. The maximum Gasteiger partial charge on any atom is 0.242 e. The van der Waals surface area contributed by atoms with Crippen LogP contribution in [0.1, 0.15) is 24.1 Å². The Balaban J connectivity index is 2.00. The smallest absolute Gasteiger partial charge is 0.242 e. The van der Waals surface area contributed by atoms with E-state index >= 15 is 0 Å². The molecule has 0 saturated heterocycles. The summed E-state index contributed by atoms with van der Waals surface area (Å²) in [5.74, 6) is 0.837. The van der Waals surface area contributed by atoms with Gasteiger partial charge in [0.2, 0.25) is 10.0 Å². The largest absolute Gasteiger partial charge is 0.497 e. The lowest BCUT2D eigenvalue weighted by Gasteiger charge is -2.16. The number of sulfonamides is 1. The van der Waals surface area contributed by atoms with Crippen LogP contribution in [-0.4, -0.2) is 33.9 Å². The first kappa shape index (κ1) is 18.4. The average Bonchev–Trinajstić information content (AvgIpc) is 2.60. The fraction of sp³-hybridized carbons (Fsp3) is 0.333. The Labute approximate surface area is 144 Å². The van der Waals surface area contributed by atoms with Gasteiger partial charge in [0.1, 0.15) is 5.75 Å². The Bertz CT molecular complexity index is 754. The van der Waals surface area contributed by atoms with Gasteiger partial charge in [0.15, 0.2) is 0 Å². The molecule has 1 unspecified atom stereocenters. The molecule has 6 heteroatoms. The summed E-state index contributed by atoms with van der Waals surface area (Å²) >= 11 is 0. The van der Waals surface area contributed by atoms with Crippen LogP contribution < -0.4 is 10.1 Å². The molecule has 0 fully saturated rings. The molecule has 0 heterocycles. The number of hydrogen-bond acceptors (Lipinski definition) is 4. The average molecular weight is 348 g/mol. The van der Waals surface area contributed by atoms with E-state index in [4.69, 9.17) is 4.74 Å². The van der Waals surface area contributed by atoms with E-state index in [0.717, 1.165) is 23.4 Å². The summed E-state index contributed by atoms with van der Waals surface area (Å²) in [7, 11) is 1.33. The van der Waals surface area contributed by atoms with E-state index in [9.17, 15) is 8.42 Å². The fourth-order valence-electron chi connectivity index (χ4n) is 2.27. The van der Waals surface area contributed by atoms with Gasteiger partial charge in [-0.1, -0.05) is 24.3 Å². The molecule has 2 rings (SSSR count). The van der Waals surface area contributed by atoms with Crippen LogP contribution in [0.2, 0.25) is 0 Å². The third-order valence-electron chi connectivity index (χ3n) is 3.93. The van der Waals surface area contributed by atoms with E-state index in [-0.39, 0.29) is 6.04 Å². The molecular formula is C18H24N2O3S. The van der Waals surface area contributed by atoms with Gasteiger partial charge in [0, 0.05) is 26.7 Å². The summed E-state index contributed by atoms with van der Waals surface area (Å²) in [6.07, 6.45) is 0. The van der Waals surface area contributed by atoms with E-state index in [1.54, 1.807) is 19.2 Å². The lowest BCUT2D eigenvalue weighted by molar-refractivity contribution is 0.414. The third-order valence-corrected chi connectivity index (χ3v) is 5.76. The minimum Gasteiger partial charge on any atom is -0.497 e. The standard InChI is InChI=1S/C18H24N2O3S/c1-14(19-13-15-5-9-17(23-4)10-6-15)16-7-11-18(12-8-16)24(21,22)20(2)3/h5-12,14,19H,13H2,1-4H3. The number of hydrogen-bond donors (Lipinski definition) is 1. The van der Waals surface area contributed by atoms with Crippen LogP contribution in [0.3, 0.4) is 0 Å². The highest BCUT2D eigenvalue weighted by molar-refractivity contribution is 7.89. The number of ether oxygens (including phenoxy) is 1. The molecule has 0 radical (unpaired) electrons. The van der Waals surface area contributed by atoms with Crippen molar-refractivity contribution in [3.63, 3.8) is 0 Å². The zero-order chi connectivity index (χ0) is 17.7. The maximum absolute atomic E-state index is 12.1. The molecule has 0 spiro atoms. The topological polar surface area (TPSA) is 58.6 Å². The molecule has 5 nitrogen and oxygen atoms in total. The van der Waals surface area contributed by atoms with Gasteiger partial charge in [-0.2, -0.15) is 0 Å². The van der Waals surface area contributed by atoms with Gasteiger partial charge >= 0.3 is 0 Å². The van der Waals surface area contributed by atoms with Gasteiger partial charge in [-0.25, -0.2) is 12.7 Å². The minimum atomic E-state index is -3.38. The summed E-state index contributed by atoms with van der Waals surface area (Å²) in [4.78, 5) is 0.304. The lowest BCUT2D eigenvalue weighted by atomic mass is 10.1. The van der Waals surface area contributed by atoms with E-state index in [1.165, 1.54) is 18.4 Å². The Morgan fingerprint density at radius 1 is 1.04 bits per heavy atom. The van der Waals surface area contributed by atoms with E-state index in [1.807, 2.05) is 36.4 Å². The number of rotatable bonds is 7. The van der Waals surface area contributed by atoms with Crippen molar-refractivity contribution in [3.05, 3.63) is 59.7 Å². The zero-order valence-electron chi connectivity index (χ0n) is 14.5. The number of nitrogens with one attached hydrogen (secondary N) is 1. The van der Waals surface area contributed by atoms with Gasteiger partial charge in [0.05, 0.1) is 12.0 Å². The quantitative estimate of drug-likeness (QED) is 0.836. The predicted molar refractivity (Wildman–Crippen MR) is 95.6 cm³/mol. The van der Waals surface area contributed by atoms with Crippen LogP contribution in [0.5, 0.6) is 5.75 Å². The Hall–Kier alpha value is -1.89. The summed E-state index contributed by atoms with van der Waals surface area (Å²) < 4.78 is 30.5. The van der Waals surface area contributed by atoms with Crippen molar-refractivity contribution < 1.29 is 13.2 Å². The molecule has 0 saturated carbocycles. The second kappa shape index (κ2) is 7.79. The summed E-state index contributed by atoms with van der Waals surface area (Å²) in [5.41, 5.74) is 2.20. The van der Waals surface area contributed by atoms with Gasteiger partial charge in [0.25, 0.3) is 0 Å². The Morgan fingerprint density at radius 3 is 2.12 bits per heavy atom. The van der Waals surface area contributed by atoms with E-state index in [2.05, 4.69) is 12.2 Å². The molecule has 0 amide bonds. The van der Waals surface area contributed by atoms with Crippen LogP contribution in [0.25, 0.3) is 0 Å². The van der Waals surface area contributed by atoms with Crippen LogP contribution in [0, 0.1) is 0 Å². The summed E-state index contributed by atoms with van der Waals surface area (Å²) in [6.45, 7) is 2.78. The Morgan fingerprint density at radius 2 is 1.62 bits per heavy atom. The molecule has 0 aliphatic heterocycles. The third kappa shape index (κ3) is 4.35. The molecule has 1 atom stereocenters. The highest BCUT2D eigenvalue weighted by Crippen LogP contribution is 2.19. The fourth-order valence-corrected chi connectivity index (χ4v) is 3.17. The molecule has 1 N–H and O–H groups in total. The van der Waals surface area contributed by atoms with Crippen molar-refractivity contribution in [2.24, 2.45) is 0 Å². The van der Waals surface area contributed by atoms with Crippen LogP contribution >= 0.6 is 0 Å². The minimum absolute atomic E-state index is 0.114. The van der Waals surface area contributed by atoms with Crippen molar-refractivity contribution in [3.8, 4) is 5.75 Å². The number of methoxy groups -OCH3 is 1. The molecule has 0 aliphatic carbocycles. The molecule has 130 valence electrons. The molecule has 0 aliphatic rings. The first-order chi connectivity index (χ1) is 11.3. The maximum atomic E-state index is 12.1. The van der Waals surface area contributed by atoms with Crippen molar-refractivity contribution in [2.45, 2.75) is 24.4 Å². The van der Waals surface area contributed by atoms with Crippen molar-refractivity contribution >= 4 is 10.0 Å². The first-order valence-electron chi connectivity index (χ1n) is 7.73. The molecule has 0 aromatic heterocycles. The highest BCUT2D eigenvalue weighted by Gasteiger charge is 2.17. The van der Waals surface area contributed by atoms with Gasteiger partial charge in [-0.15, -0.1) is 0 Å². The van der Waals surface area contributed by atoms with Crippen LogP contribution in [0.15, 0.2) is 53.4 Å². The molecule has 24 heavy (non-hydrogen) atoms. The molecule has 0 bridgehead atoms. The van der Waals surface area contributed by atoms with Crippen molar-refractivity contribution in [1.29, 1.82) is 0 Å². The van der Waals surface area contributed by atoms with E-state index in [0.29, 0.717) is 4.90 Å². The van der Waals surface area contributed by atoms with Gasteiger partial charge in [-0.05, 0) is 42.3 Å². The van der Waals surface area contributed by atoms with Crippen molar-refractivity contribution in [2.75, 3.05) is 21.2 Å². The molecule has 2 aromatic rings. The second-order valence-corrected chi connectivity index (χ2v) is 7.96. The second-order valence-electron chi connectivity index (χ2n) is 5.81. The Kier molecular flexibility index (Phi) is 5.99. The summed E-state index contributed by atoms with van der Waals surface area (Å²) in [6, 6.07) is 15.0. The van der Waals surface area contributed by atoms with Gasteiger partial charge in [-0.3, -0.25) is 0 Å². The zero-order valence-corrected chi connectivity index (χ0v) is 15.3. The first-order valence-corrected chi connectivity index (χ1v) is 9.17. The normalized spacial score (nSPS) is 13.0. The SMILES string of the molecule is COc1ccc(CNC(C)c2ccc(S(=O)(=O)N(C)C)cc2)cc1. The molecule has 2 aromatic carbocycles. The number of benzene rings is 2.